The van der Waals surface area contributed by atoms with Crippen LogP contribution in [0.5, 0.6) is 0 Å². The van der Waals surface area contributed by atoms with Crippen molar-refractivity contribution in [1.29, 1.82) is 0 Å². The normalized spacial score (nSPS) is 11.3. The van der Waals surface area contributed by atoms with Gasteiger partial charge in [0.2, 0.25) is 5.91 Å². The van der Waals surface area contributed by atoms with Gasteiger partial charge in [0.15, 0.2) is 5.69 Å². The van der Waals surface area contributed by atoms with Crippen LogP contribution in [0.4, 0.5) is 0 Å². The third-order valence-corrected chi connectivity index (χ3v) is 2.69. The summed E-state index contributed by atoms with van der Waals surface area (Å²) in [6.07, 6.45) is 2.87. The molecule has 0 atom stereocenters. The predicted molar refractivity (Wildman–Crippen MR) is 70.0 cm³/mol. The van der Waals surface area contributed by atoms with Crippen LogP contribution in [0.2, 0.25) is 0 Å². The van der Waals surface area contributed by atoms with E-state index in [1.54, 1.807) is 4.57 Å². The summed E-state index contributed by atoms with van der Waals surface area (Å²) in [5.41, 5.74) is -0.616. The zero-order chi connectivity index (χ0) is 14.5. The van der Waals surface area contributed by atoms with Crippen LogP contribution in [-0.2, 0) is 11.3 Å². The van der Waals surface area contributed by atoms with Crippen molar-refractivity contribution in [3.8, 4) is 0 Å². The number of nitrogens with zero attached hydrogens (tertiary/aromatic N) is 2. The van der Waals surface area contributed by atoms with E-state index in [4.69, 9.17) is 5.11 Å². The number of imidazole rings is 1. The molecule has 0 fully saturated rings. The number of nitrogens with one attached hydrogen (secondary N) is 2. The second-order valence-electron chi connectivity index (χ2n) is 4.71. The molecule has 1 amide bonds. The molecule has 19 heavy (non-hydrogen) atoms. The van der Waals surface area contributed by atoms with Crippen LogP contribution in [0, 0.1) is 0 Å². The number of likely N-dealkylation sites (N-methyl/N-ethyl adjacent to an activating group) is 1. The van der Waals surface area contributed by atoms with E-state index >= 15 is 0 Å². The Kier molecular flexibility index (Phi) is 5.05. The molecule has 0 saturated carbocycles. The first kappa shape index (κ1) is 15.2. The first-order valence-electron chi connectivity index (χ1n) is 6.15. The number of carbonyl (C=O) groups excluding carboxylic acids is 1. The number of amides is 1. The van der Waals surface area contributed by atoms with Gasteiger partial charge in [-0.25, -0.2) is 9.78 Å². The van der Waals surface area contributed by atoms with Gasteiger partial charge in [-0.1, -0.05) is 6.92 Å². The Morgan fingerprint density at radius 2 is 2.16 bits per heavy atom. The average Bonchev–Trinajstić information content (AvgIpc) is 2.77. The fraction of sp³-hybridized carbons (Fsp3) is 0.583. The van der Waals surface area contributed by atoms with Crippen molar-refractivity contribution in [1.82, 2.24) is 20.2 Å². The molecule has 1 aromatic heterocycles. The summed E-state index contributed by atoms with van der Waals surface area (Å²) >= 11 is 0. The Balaban J connectivity index is 2.41. The van der Waals surface area contributed by atoms with Crippen molar-refractivity contribution in [2.75, 3.05) is 13.1 Å². The molecule has 0 spiro atoms. The van der Waals surface area contributed by atoms with E-state index in [2.05, 4.69) is 15.6 Å². The van der Waals surface area contributed by atoms with Crippen LogP contribution in [-0.4, -0.2) is 45.2 Å². The van der Waals surface area contributed by atoms with E-state index in [1.807, 2.05) is 20.8 Å². The largest absolute Gasteiger partial charge is 0.476 e. The van der Waals surface area contributed by atoms with Crippen molar-refractivity contribution < 1.29 is 14.7 Å². The van der Waals surface area contributed by atoms with Gasteiger partial charge in [0.25, 0.3) is 0 Å². The minimum atomic E-state index is -1.06. The molecule has 0 aliphatic heterocycles. The Bertz CT molecular complexity index is 454. The molecular weight excluding hydrogens is 248 g/mol. The molecule has 0 aromatic carbocycles. The fourth-order valence-corrected chi connectivity index (χ4v) is 1.63. The van der Waals surface area contributed by atoms with Gasteiger partial charge >= 0.3 is 5.97 Å². The lowest BCUT2D eigenvalue weighted by Gasteiger charge is -2.24. The van der Waals surface area contributed by atoms with Crippen molar-refractivity contribution in [3.63, 3.8) is 0 Å². The number of carboxylic acids is 1. The third kappa shape index (κ3) is 4.36. The van der Waals surface area contributed by atoms with Gasteiger partial charge < -0.3 is 20.3 Å². The first-order chi connectivity index (χ1) is 8.86. The van der Waals surface area contributed by atoms with Gasteiger partial charge in [-0.15, -0.1) is 0 Å². The van der Waals surface area contributed by atoms with Gasteiger partial charge in [0, 0.05) is 19.3 Å². The summed E-state index contributed by atoms with van der Waals surface area (Å²) in [6.45, 7) is 7.17. The van der Waals surface area contributed by atoms with Gasteiger partial charge in [-0.2, -0.15) is 0 Å². The fourth-order valence-electron chi connectivity index (χ4n) is 1.63. The standard InChI is InChI=1S/C12H20N4O3/c1-4-15-12(2,3)11(19)13-5-6-16-7-9(10(17)18)14-8-16/h7-8,15H,4-6H2,1-3H3,(H,13,19)(H,17,18). The Morgan fingerprint density at radius 3 is 2.68 bits per heavy atom. The van der Waals surface area contributed by atoms with E-state index in [9.17, 15) is 9.59 Å². The summed E-state index contributed by atoms with van der Waals surface area (Å²) in [6, 6.07) is 0. The number of aromatic carboxylic acids is 1. The van der Waals surface area contributed by atoms with Gasteiger partial charge in [0.05, 0.1) is 11.9 Å². The van der Waals surface area contributed by atoms with Crippen LogP contribution in [0.3, 0.4) is 0 Å². The van der Waals surface area contributed by atoms with E-state index < -0.39 is 11.5 Å². The highest BCUT2D eigenvalue weighted by atomic mass is 16.4. The molecule has 7 heteroatoms. The number of aromatic nitrogens is 2. The molecule has 1 heterocycles. The zero-order valence-corrected chi connectivity index (χ0v) is 11.4. The molecular formula is C12H20N4O3. The molecule has 0 bridgehead atoms. The lowest BCUT2D eigenvalue weighted by Crippen LogP contribution is -2.53. The third-order valence-electron chi connectivity index (χ3n) is 2.69. The molecule has 7 nitrogen and oxygen atoms in total. The number of hydrogen-bond donors (Lipinski definition) is 3. The minimum absolute atomic E-state index is 0.000643. The van der Waals surface area contributed by atoms with Crippen LogP contribution in [0.1, 0.15) is 31.3 Å². The second-order valence-corrected chi connectivity index (χ2v) is 4.71. The molecule has 106 valence electrons. The number of hydrogen-bond acceptors (Lipinski definition) is 4. The van der Waals surface area contributed by atoms with Crippen molar-refractivity contribution >= 4 is 11.9 Å². The van der Waals surface area contributed by atoms with Crippen molar-refractivity contribution in [2.24, 2.45) is 0 Å². The van der Waals surface area contributed by atoms with Gasteiger partial charge in [-0.05, 0) is 20.4 Å². The molecule has 0 aliphatic rings. The molecule has 3 N–H and O–H groups in total. The van der Waals surface area contributed by atoms with Crippen LogP contribution < -0.4 is 10.6 Å². The van der Waals surface area contributed by atoms with E-state index in [0.29, 0.717) is 19.6 Å². The highest BCUT2D eigenvalue weighted by Crippen LogP contribution is 2.01. The Hall–Kier alpha value is -1.89. The maximum Gasteiger partial charge on any atom is 0.356 e. The molecule has 1 rings (SSSR count). The Labute approximate surface area is 112 Å². The highest BCUT2D eigenvalue weighted by Gasteiger charge is 2.25. The molecule has 0 saturated heterocycles. The van der Waals surface area contributed by atoms with Gasteiger partial charge in [0.1, 0.15) is 0 Å². The maximum atomic E-state index is 11.9. The summed E-state index contributed by atoms with van der Waals surface area (Å²) in [5, 5.41) is 14.6. The molecule has 1 aromatic rings. The highest BCUT2D eigenvalue weighted by molar-refractivity contribution is 5.85. The number of carbonyl (C=O) groups is 2. The van der Waals surface area contributed by atoms with E-state index in [-0.39, 0.29) is 11.6 Å². The quantitative estimate of drug-likeness (QED) is 0.651. The molecule has 0 aliphatic carbocycles. The zero-order valence-electron chi connectivity index (χ0n) is 11.4. The second kappa shape index (κ2) is 6.33. The van der Waals surface area contributed by atoms with Crippen LogP contribution in [0.15, 0.2) is 12.5 Å². The van der Waals surface area contributed by atoms with Crippen molar-refractivity contribution in [2.45, 2.75) is 32.9 Å². The topological polar surface area (TPSA) is 96.3 Å². The summed E-state index contributed by atoms with van der Waals surface area (Å²) < 4.78 is 1.63. The SMILES string of the molecule is CCNC(C)(C)C(=O)NCCn1cnc(C(=O)O)c1. The van der Waals surface area contributed by atoms with Crippen LogP contribution >= 0.6 is 0 Å². The Morgan fingerprint density at radius 1 is 1.47 bits per heavy atom. The maximum absolute atomic E-state index is 11.9. The lowest BCUT2D eigenvalue weighted by molar-refractivity contribution is -0.126. The summed E-state index contributed by atoms with van der Waals surface area (Å²) in [7, 11) is 0. The van der Waals surface area contributed by atoms with Gasteiger partial charge in [-0.3, -0.25) is 4.79 Å². The van der Waals surface area contributed by atoms with E-state index in [0.717, 1.165) is 0 Å². The molecule has 0 radical (unpaired) electrons. The molecule has 0 unspecified atom stereocenters. The number of carboxylic acid groups (broad SMARTS) is 1. The average molecular weight is 268 g/mol. The van der Waals surface area contributed by atoms with Crippen molar-refractivity contribution in [3.05, 3.63) is 18.2 Å². The monoisotopic (exact) mass is 268 g/mol. The minimum Gasteiger partial charge on any atom is -0.476 e. The smallest absolute Gasteiger partial charge is 0.356 e. The summed E-state index contributed by atoms with van der Waals surface area (Å²) in [5.74, 6) is -1.15. The summed E-state index contributed by atoms with van der Waals surface area (Å²) in [4.78, 5) is 26.2. The first-order valence-corrected chi connectivity index (χ1v) is 6.15. The van der Waals surface area contributed by atoms with E-state index in [1.165, 1.54) is 12.5 Å². The lowest BCUT2D eigenvalue weighted by atomic mass is 10.0. The predicted octanol–water partition coefficient (Wildman–Crippen LogP) is 0.0856. The number of rotatable bonds is 7. The van der Waals surface area contributed by atoms with Crippen LogP contribution in [0.25, 0.3) is 0 Å².